The first-order valence-electron chi connectivity index (χ1n) is 4.50. The standard InChI is InChI=1S/C11H13ClO3/c1-14-10-5-3-4-8(11(10)15-2)6-9(13)7-12/h3-5H,6-7H2,1-2H3. The second kappa shape index (κ2) is 5.61. The zero-order chi connectivity index (χ0) is 11.3. The van der Waals surface area contributed by atoms with Gasteiger partial charge in [-0.05, 0) is 6.07 Å². The van der Waals surface area contributed by atoms with E-state index in [1.165, 1.54) is 0 Å². The highest BCUT2D eigenvalue weighted by Crippen LogP contribution is 2.30. The van der Waals surface area contributed by atoms with E-state index in [2.05, 4.69) is 0 Å². The molecule has 0 aliphatic carbocycles. The Labute approximate surface area is 93.9 Å². The molecular weight excluding hydrogens is 216 g/mol. The van der Waals surface area contributed by atoms with E-state index in [1.807, 2.05) is 12.1 Å². The smallest absolute Gasteiger partial charge is 0.164 e. The van der Waals surface area contributed by atoms with Gasteiger partial charge in [-0.25, -0.2) is 0 Å². The normalized spacial score (nSPS) is 9.80. The molecule has 0 fully saturated rings. The van der Waals surface area contributed by atoms with Gasteiger partial charge in [0.2, 0.25) is 0 Å². The van der Waals surface area contributed by atoms with Gasteiger partial charge in [0.05, 0.1) is 20.1 Å². The summed E-state index contributed by atoms with van der Waals surface area (Å²) in [5.74, 6) is 1.19. The van der Waals surface area contributed by atoms with Gasteiger partial charge in [0, 0.05) is 12.0 Å². The predicted molar refractivity (Wildman–Crippen MR) is 59.0 cm³/mol. The van der Waals surface area contributed by atoms with E-state index in [0.717, 1.165) is 5.56 Å². The van der Waals surface area contributed by atoms with E-state index in [0.29, 0.717) is 11.5 Å². The monoisotopic (exact) mass is 228 g/mol. The van der Waals surface area contributed by atoms with Crippen LogP contribution in [-0.4, -0.2) is 25.9 Å². The fraction of sp³-hybridized carbons (Fsp3) is 0.364. The minimum Gasteiger partial charge on any atom is -0.493 e. The Bertz CT molecular complexity index is 350. The molecule has 0 amide bonds. The highest BCUT2D eigenvalue weighted by molar-refractivity contribution is 6.27. The van der Waals surface area contributed by atoms with Crippen LogP contribution in [0.4, 0.5) is 0 Å². The molecule has 0 spiro atoms. The Kier molecular flexibility index (Phi) is 4.43. The summed E-state index contributed by atoms with van der Waals surface area (Å²) >= 11 is 5.45. The molecule has 3 nitrogen and oxygen atoms in total. The summed E-state index contributed by atoms with van der Waals surface area (Å²) in [7, 11) is 3.11. The molecule has 1 aromatic carbocycles. The van der Waals surface area contributed by atoms with Gasteiger partial charge in [0.25, 0.3) is 0 Å². The van der Waals surface area contributed by atoms with E-state index >= 15 is 0 Å². The van der Waals surface area contributed by atoms with Crippen LogP contribution in [0.3, 0.4) is 0 Å². The number of Topliss-reactive ketones (excluding diaryl/α,β-unsaturated/α-hetero) is 1. The number of hydrogen-bond acceptors (Lipinski definition) is 3. The molecule has 15 heavy (non-hydrogen) atoms. The lowest BCUT2D eigenvalue weighted by atomic mass is 10.1. The fourth-order valence-electron chi connectivity index (χ4n) is 1.35. The van der Waals surface area contributed by atoms with Crippen molar-refractivity contribution in [1.82, 2.24) is 0 Å². The van der Waals surface area contributed by atoms with Crippen molar-refractivity contribution < 1.29 is 14.3 Å². The maximum Gasteiger partial charge on any atom is 0.164 e. The Morgan fingerprint density at radius 3 is 2.60 bits per heavy atom. The number of alkyl halides is 1. The Balaban J connectivity index is 3.00. The fourth-order valence-corrected chi connectivity index (χ4v) is 1.45. The van der Waals surface area contributed by atoms with E-state index in [4.69, 9.17) is 21.1 Å². The van der Waals surface area contributed by atoms with Crippen molar-refractivity contribution in [2.75, 3.05) is 20.1 Å². The molecule has 1 aromatic rings. The molecule has 0 aliphatic rings. The second-order valence-corrected chi connectivity index (χ2v) is 3.27. The van der Waals surface area contributed by atoms with Gasteiger partial charge in [-0.3, -0.25) is 4.79 Å². The van der Waals surface area contributed by atoms with Crippen molar-refractivity contribution in [2.24, 2.45) is 0 Å². The summed E-state index contributed by atoms with van der Waals surface area (Å²) < 4.78 is 10.3. The van der Waals surface area contributed by atoms with Crippen molar-refractivity contribution in [3.8, 4) is 11.5 Å². The van der Waals surface area contributed by atoms with Crippen molar-refractivity contribution in [2.45, 2.75) is 6.42 Å². The first kappa shape index (κ1) is 11.9. The topological polar surface area (TPSA) is 35.5 Å². The third-order valence-corrected chi connectivity index (χ3v) is 2.32. The second-order valence-electron chi connectivity index (χ2n) is 3.00. The molecule has 0 atom stereocenters. The molecule has 0 saturated carbocycles. The Morgan fingerprint density at radius 2 is 2.07 bits per heavy atom. The molecule has 4 heteroatoms. The molecule has 0 radical (unpaired) electrons. The number of methoxy groups -OCH3 is 2. The minimum atomic E-state index is -0.0387. The SMILES string of the molecule is COc1cccc(CC(=O)CCl)c1OC. The average Bonchev–Trinajstić information content (AvgIpc) is 2.28. The number of rotatable bonds is 5. The molecule has 82 valence electrons. The van der Waals surface area contributed by atoms with E-state index in [9.17, 15) is 4.79 Å². The zero-order valence-electron chi connectivity index (χ0n) is 8.75. The quantitative estimate of drug-likeness (QED) is 0.724. The summed E-state index contributed by atoms with van der Waals surface area (Å²) in [5.41, 5.74) is 0.794. The third kappa shape index (κ3) is 2.86. The molecule has 0 saturated heterocycles. The van der Waals surface area contributed by atoms with Crippen molar-refractivity contribution in [1.29, 1.82) is 0 Å². The number of benzene rings is 1. The van der Waals surface area contributed by atoms with Gasteiger partial charge in [0.15, 0.2) is 17.3 Å². The maximum atomic E-state index is 11.2. The van der Waals surface area contributed by atoms with Gasteiger partial charge < -0.3 is 9.47 Å². The summed E-state index contributed by atoms with van der Waals surface area (Å²) in [6.45, 7) is 0. The Hall–Kier alpha value is -1.22. The van der Waals surface area contributed by atoms with Gasteiger partial charge in [-0.1, -0.05) is 12.1 Å². The molecule has 0 aliphatic heterocycles. The van der Waals surface area contributed by atoms with Crippen LogP contribution in [0.15, 0.2) is 18.2 Å². The molecule has 0 N–H and O–H groups in total. The number of carbonyl (C=O) groups excluding carboxylic acids is 1. The van der Waals surface area contributed by atoms with Crippen LogP contribution in [-0.2, 0) is 11.2 Å². The lowest BCUT2D eigenvalue weighted by Crippen LogP contribution is -2.05. The van der Waals surface area contributed by atoms with E-state index in [-0.39, 0.29) is 18.1 Å². The highest BCUT2D eigenvalue weighted by Gasteiger charge is 2.11. The third-order valence-electron chi connectivity index (χ3n) is 2.02. The number of para-hydroxylation sites is 1. The van der Waals surface area contributed by atoms with Crippen LogP contribution in [0.2, 0.25) is 0 Å². The summed E-state index contributed by atoms with van der Waals surface area (Å²) in [6.07, 6.45) is 0.268. The first-order valence-corrected chi connectivity index (χ1v) is 5.04. The van der Waals surface area contributed by atoms with Crippen molar-refractivity contribution >= 4 is 17.4 Å². The lowest BCUT2D eigenvalue weighted by Gasteiger charge is -2.11. The van der Waals surface area contributed by atoms with Crippen LogP contribution in [0, 0.1) is 0 Å². The molecule has 0 bridgehead atoms. The Morgan fingerprint density at radius 1 is 1.33 bits per heavy atom. The highest BCUT2D eigenvalue weighted by atomic mass is 35.5. The van der Waals surface area contributed by atoms with Gasteiger partial charge >= 0.3 is 0 Å². The largest absolute Gasteiger partial charge is 0.493 e. The van der Waals surface area contributed by atoms with Crippen LogP contribution in [0.1, 0.15) is 5.56 Å². The first-order chi connectivity index (χ1) is 7.22. The van der Waals surface area contributed by atoms with E-state index in [1.54, 1.807) is 20.3 Å². The van der Waals surface area contributed by atoms with Gasteiger partial charge in [-0.15, -0.1) is 11.6 Å². The molecular formula is C11H13ClO3. The number of hydrogen-bond donors (Lipinski definition) is 0. The van der Waals surface area contributed by atoms with Crippen molar-refractivity contribution in [3.05, 3.63) is 23.8 Å². The number of ether oxygens (including phenoxy) is 2. The molecule has 0 unspecified atom stereocenters. The van der Waals surface area contributed by atoms with Gasteiger partial charge in [-0.2, -0.15) is 0 Å². The maximum absolute atomic E-state index is 11.2. The molecule has 0 aromatic heterocycles. The number of ketones is 1. The van der Waals surface area contributed by atoms with Crippen LogP contribution < -0.4 is 9.47 Å². The van der Waals surface area contributed by atoms with E-state index < -0.39 is 0 Å². The number of carbonyl (C=O) groups is 1. The van der Waals surface area contributed by atoms with Crippen LogP contribution >= 0.6 is 11.6 Å². The average molecular weight is 229 g/mol. The summed E-state index contributed by atoms with van der Waals surface area (Å²) in [5, 5.41) is 0. The van der Waals surface area contributed by atoms with Crippen LogP contribution in [0.5, 0.6) is 11.5 Å². The van der Waals surface area contributed by atoms with Crippen LogP contribution in [0.25, 0.3) is 0 Å². The summed E-state index contributed by atoms with van der Waals surface area (Å²) in [6, 6.07) is 5.43. The lowest BCUT2D eigenvalue weighted by molar-refractivity contribution is -0.116. The zero-order valence-corrected chi connectivity index (χ0v) is 9.50. The number of halogens is 1. The molecule has 0 heterocycles. The van der Waals surface area contributed by atoms with Crippen molar-refractivity contribution in [3.63, 3.8) is 0 Å². The minimum absolute atomic E-state index is 0.0143. The van der Waals surface area contributed by atoms with Gasteiger partial charge in [0.1, 0.15) is 0 Å². The summed E-state index contributed by atoms with van der Waals surface area (Å²) in [4.78, 5) is 11.2. The predicted octanol–water partition coefficient (Wildman–Crippen LogP) is 2.05. The molecule has 1 rings (SSSR count).